The van der Waals surface area contributed by atoms with Crippen LogP contribution in [0, 0.1) is 17.3 Å². The number of nitrogens with two attached hydrogens (primary N) is 1. The molecule has 0 bridgehead atoms. The lowest BCUT2D eigenvalue weighted by Crippen LogP contribution is -2.56. The van der Waals surface area contributed by atoms with Gasteiger partial charge in [-0.15, -0.1) is 0 Å². The van der Waals surface area contributed by atoms with Gasteiger partial charge in [-0.1, -0.05) is 61.4 Å². The molecule has 1 heterocycles. The molecule has 1 fully saturated rings. The minimum Gasteiger partial charge on any atom is -0.369 e. The standard InChI is InChI=1S/C30H33F3N4O3/c1-28-14-6-5-11-21(28)23(19-9-3-4-10-20(19)30(31,32)33)35-24(26(39)37(28)2)36-25(38)22(17-18-12-13-18)29(27(34)40)15-7-8-16-29/h3-11,18,22,24H,12-17H2,1-2H3,(H2,34,40)(H,36,38)/t22-,24?,28?/m0/s1. The molecule has 3 amide bonds. The van der Waals surface area contributed by atoms with E-state index in [1.807, 2.05) is 18.2 Å². The Balaban J connectivity index is 1.60. The van der Waals surface area contributed by atoms with Crippen molar-refractivity contribution in [2.45, 2.75) is 63.3 Å². The topological polar surface area (TPSA) is 105 Å². The van der Waals surface area contributed by atoms with Gasteiger partial charge in [-0.2, -0.15) is 13.2 Å². The molecule has 0 radical (unpaired) electrons. The zero-order valence-corrected chi connectivity index (χ0v) is 22.5. The van der Waals surface area contributed by atoms with Gasteiger partial charge in [0.15, 0.2) is 0 Å². The smallest absolute Gasteiger partial charge is 0.369 e. The number of amides is 3. The van der Waals surface area contributed by atoms with Gasteiger partial charge in [0, 0.05) is 18.2 Å². The van der Waals surface area contributed by atoms with Crippen molar-refractivity contribution in [2.24, 2.45) is 28.0 Å². The van der Waals surface area contributed by atoms with Crippen molar-refractivity contribution in [2.75, 3.05) is 7.05 Å². The molecule has 1 saturated carbocycles. The Bertz CT molecular complexity index is 1350. The highest BCUT2D eigenvalue weighted by Crippen LogP contribution is 2.48. The highest BCUT2D eigenvalue weighted by Gasteiger charge is 2.51. The second kappa shape index (κ2) is 10.1. The highest BCUT2D eigenvalue weighted by molar-refractivity contribution is 6.17. The maximum absolute atomic E-state index is 14.1. The number of fused-ring (bicyclic) bond motifs is 1. The summed E-state index contributed by atoms with van der Waals surface area (Å²) in [5.74, 6) is -2.21. The van der Waals surface area contributed by atoms with Crippen LogP contribution in [0.25, 0.3) is 0 Å². The number of rotatable bonds is 7. The predicted molar refractivity (Wildman–Crippen MR) is 144 cm³/mol. The molecule has 0 spiro atoms. The zero-order valence-electron chi connectivity index (χ0n) is 22.5. The lowest BCUT2D eigenvalue weighted by atomic mass is 9.70. The van der Waals surface area contributed by atoms with Crippen LogP contribution < -0.4 is 11.1 Å². The molecule has 3 N–H and O–H groups in total. The lowest BCUT2D eigenvalue weighted by Gasteiger charge is -2.41. The maximum atomic E-state index is 14.1. The Morgan fingerprint density at radius 3 is 2.45 bits per heavy atom. The summed E-state index contributed by atoms with van der Waals surface area (Å²) in [5, 5.41) is 2.73. The maximum Gasteiger partial charge on any atom is 0.417 e. The first-order valence-electron chi connectivity index (χ1n) is 13.5. The van der Waals surface area contributed by atoms with E-state index in [4.69, 9.17) is 5.73 Å². The fourth-order valence-electron chi connectivity index (χ4n) is 6.16. The minimum atomic E-state index is -4.67. The number of likely N-dealkylation sites (N-methyl/N-ethyl adjacent to an activating group) is 1. The number of aliphatic imine (C=N–C) groups is 1. The Hall–Kier alpha value is -3.69. The number of alkyl halides is 3. The molecule has 1 aromatic rings. The van der Waals surface area contributed by atoms with E-state index in [-0.39, 0.29) is 17.2 Å². The van der Waals surface area contributed by atoms with Crippen LogP contribution in [0.1, 0.15) is 56.6 Å². The molecule has 3 atom stereocenters. The second-order valence-corrected chi connectivity index (χ2v) is 11.4. The summed E-state index contributed by atoms with van der Waals surface area (Å²) in [6, 6.07) is 5.10. The van der Waals surface area contributed by atoms with Crippen molar-refractivity contribution < 1.29 is 27.6 Å². The van der Waals surface area contributed by atoms with Crippen LogP contribution in [0.4, 0.5) is 13.2 Å². The predicted octanol–water partition coefficient (Wildman–Crippen LogP) is 4.29. The van der Waals surface area contributed by atoms with Crippen molar-refractivity contribution in [3.05, 3.63) is 71.3 Å². The van der Waals surface area contributed by atoms with Crippen LogP contribution in [0.2, 0.25) is 0 Å². The molecule has 40 heavy (non-hydrogen) atoms. The van der Waals surface area contributed by atoms with Crippen molar-refractivity contribution in [1.82, 2.24) is 10.2 Å². The third kappa shape index (κ3) is 4.77. The average molecular weight is 555 g/mol. The molecule has 4 aliphatic rings. The van der Waals surface area contributed by atoms with Gasteiger partial charge in [0.2, 0.25) is 18.0 Å². The van der Waals surface area contributed by atoms with Crippen LogP contribution in [0.5, 0.6) is 0 Å². The molecule has 212 valence electrons. The number of hydrogen-bond acceptors (Lipinski definition) is 4. The quantitative estimate of drug-likeness (QED) is 0.492. The summed E-state index contributed by atoms with van der Waals surface area (Å²) in [5.41, 5.74) is 3.11. The van der Waals surface area contributed by atoms with Gasteiger partial charge in [0.25, 0.3) is 5.91 Å². The lowest BCUT2D eigenvalue weighted by molar-refractivity contribution is -0.143. The number of nitrogens with one attached hydrogen (secondary N) is 1. The molecule has 0 aromatic heterocycles. The number of nitrogens with zero attached hydrogens (tertiary/aromatic N) is 2. The van der Waals surface area contributed by atoms with Gasteiger partial charge in [-0.05, 0) is 44.6 Å². The Labute approximate surface area is 231 Å². The fourth-order valence-corrected chi connectivity index (χ4v) is 6.16. The van der Waals surface area contributed by atoms with Gasteiger partial charge in [0.1, 0.15) is 0 Å². The summed E-state index contributed by atoms with van der Waals surface area (Å²) in [4.78, 5) is 46.4. The van der Waals surface area contributed by atoms with Crippen molar-refractivity contribution >= 4 is 23.4 Å². The molecular formula is C30H33F3N4O3. The van der Waals surface area contributed by atoms with Gasteiger partial charge in [-0.25, -0.2) is 4.99 Å². The normalized spacial score (nSPS) is 26.5. The first-order chi connectivity index (χ1) is 18.9. The molecule has 7 nitrogen and oxygen atoms in total. The minimum absolute atomic E-state index is 0.00587. The van der Waals surface area contributed by atoms with Crippen LogP contribution in [0.3, 0.4) is 0 Å². The monoisotopic (exact) mass is 554 g/mol. The molecule has 5 rings (SSSR count). The third-order valence-electron chi connectivity index (χ3n) is 8.95. The van der Waals surface area contributed by atoms with Crippen molar-refractivity contribution in [1.29, 1.82) is 0 Å². The van der Waals surface area contributed by atoms with Crippen LogP contribution >= 0.6 is 0 Å². The summed E-state index contributed by atoms with van der Waals surface area (Å²) in [6.07, 6.45) is 6.05. The first kappa shape index (κ1) is 27.9. The number of primary amides is 1. The van der Waals surface area contributed by atoms with E-state index in [0.29, 0.717) is 31.3 Å². The van der Waals surface area contributed by atoms with Crippen molar-refractivity contribution in [3.8, 4) is 0 Å². The number of allylic oxidation sites excluding steroid dienone is 4. The number of carbonyl (C=O) groups is 3. The summed E-state index contributed by atoms with van der Waals surface area (Å²) >= 11 is 0. The summed E-state index contributed by atoms with van der Waals surface area (Å²) < 4.78 is 42.4. The molecular weight excluding hydrogens is 521 g/mol. The molecule has 3 aliphatic carbocycles. The number of hydrogen-bond donors (Lipinski definition) is 2. The third-order valence-corrected chi connectivity index (χ3v) is 8.95. The first-order valence-corrected chi connectivity index (χ1v) is 13.5. The summed E-state index contributed by atoms with van der Waals surface area (Å²) in [6.45, 7) is 1.78. The fraction of sp³-hybridized carbons (Fsp3) is 0.467. The Morgan fingerprint density at radius 1 is 1.15 bits per heavy atom. The number of halogens is 3. The van der Waals surface area contributed by atoms with E-state index >= 15 is 0 Å². The van der Waals surface area contributed by atoms with Gasteiger partial charge in [-0.3, -0.25) is 14.4 Å². The largest absolute Gasteiger partial charge is 0.417 e. The zero-order chi connectivity index (χ0) is 28.9. The van der Waals surface area contributed by atoms with E-state index in [2.05, 4.69) is 10.3 Å². The number of carbonyl (C=O) groups excluding carboxylic acids is 3. The SMILES string of the molecule is CN1C(=O)C(NC(=O)[C@H](CC2CC2)C2(C(N)=O)CC=CC2)N=C(c2ccccc2C(F)(F)F)C2=CC=CCC21C. The van der Waals surface area contributed by atoms with Crippen molar-refractivity contribution in [3.63, 3.8) is 0 Å². The van der Waals surface area contributed by atoms with Crippen LogP contribution in [-0.2, 0) is 20.6 Å². The van der Waals surface area contributed by atoms with E-state index < -0.39 is 52.5 Å². The summed E-state index contributed by atoms with van der Waals surface area (Å²) in [7, 11) is 1.57. The van der Waals surface area contributed by atoms with Crippen LogP contribution in [-0.4, -0.2) is 47.1 Å². The Kier molecular flexibility index (Phi) is 7.00. The van der Waals surface area contributed by atoms with E-state index in [9.17, 15) is 27.6 Å². The average Bonchev–Trinajstić information content (AvgIpc) is 3.62. The van der Waals surface area contributed by atoms with E-state index in [1.54, 1.807) is 26.1 Å². The molecule has 2 unspecified atom stereocenters. The second-order valence-electron chi connectivity index (χ2n) is 11.4. The van der Waals surface area contributed by atoms with Crippen LogP contribution in [0.15, 0.2) is 65.2 Å². The highest BCUT2D eigenvalue weighted by atomic mass is 19.4. The molecule has 1 aromatic carbocycles. The molecule has 1 aliphatic heterocycles. The van der Waals surface area contributed by atoms with Gasteiger partial charge in [0.05, 0.1) is 28.1 Å². The van der Waals surface area contributed by atoms with Gasteiger partial charge < -0.3 is 16.0 Å². The Morgan fingerprint density at radius 2 is 1.82 bits per heavy atom. The van der Waals surface area contributed by atoms with E-state index in [0.717, 1.165) is 18.9 Å². The molecule has 0 saturated heterocycles. The van der Waals surface area contributed by atoms with E-state index in [1.165, 1.54) is 23.1 Å². The molecule has 10 heteroatoms. The van der Waals surface area contributed by atoms with Gasteiger partial charge >= 0.3 is 6.18 Å². The number of benzene rings is 1.